The first-order valence-corrected chi connectivity index (χ1v) is 8.81. The van der Waals surface area contributed by atoms with Crippen molar-refractivity contribution >= 4 is 17.9 Å². The molecule has 0 heterocycles. The predicted octanol–water partition coefficient (Wildman–Crippen LogP) is 2.84. The second kappa shape index (κ2) is 5.46. The number of carboxylic acids is 2. The van der Waals surface area contributed by atoms with Crippen molar-refractivity contribution < 1.29 is 29.3 Å². The Labute approximate surface area is 141 Å². The van der Waals surface area contributed by atoms with Gasteiger partial charge in [-0.15, -0.1) is 0 Å². The van der Waals surface area contributed by atoms with E-state index >= 15 is 0 Å². The molecule has 0 saturated heterocycles. The summed E-state index contributed by atoms with van der Waals surface area (Å²) in [6.07, 6.45) is 4.38. The minimum Gasteiger partial charge on any atom is -0.481 e. The standard InChI is InChI=1S/C18H26O6/c1-3-16(2,14(20)21)9-13(19)24-18-7-11-4-12(8-18)6-17(5-11,10-18)15(22)23/h11-12H,3-10H2,1-2H3,(H,20,21)(H,22,23). The van der Waals surface area contributed by atoms with E-state index in [2.05, 4.69) is 0 Å². The van der Waals surface area contributed by atoms with Gasteiger partial charge >= 0.3 is 17.9 Å². The average Bonchev–Trinajstić information content (AvgIpc) is 2.44. The number of aliphatic carboxylic acids is 2. The van der Waals surface area contributed by atoms with Gasteiger partial charge < -0.3 is 14.9 Å². The highest BCUT2D eigenvalue weighted by Crippen LogP contribution is 2.63. The highest BCUT2D eigenvalue weighted by Gasteiger charge is 2.62. The molecule has 6 nitrogen and oxygen atoms in total. The lowest BCUT2D eigenvalue weighted by atomic mass is 9.48. The lowest BCUT2D eigenvalue weighted by molar-refractivity contribution is -0.211. The second-order valence-electron chi connectivity index (χ2n) is 8.60. The first-order valence-electron chi connectivity index (χ1n) is 8.81. The summed E-state index contributed by atoms with van der Waals surface area (Å²) >= 11 is 0. The van der Waals surface area contributed by atoms with Crippen molar-refractivity contribution in [3.8, 4) is 0 Å². The van der Waals surface area contributed by atoms with Crippen molar-refractivity contribution in [1.29, 1.82) is 0 Å². The molecule has 134 valence electrons. The van der Waals surface area contributed by atoms with E-state index in [9.17, 15) is 24.6 Å². The maximum atomic E-state index is 12.4. The number of ether oxygens (including phenoxy) is 1. The number of carbonyl (C=O) groups excluding carboxylic acids is 1. The van der Waals surface area contributed by atoms with Crippen LogP contribution in [0.5, 0.6) is 0 Å². The monoisotopic (exact) mass is 338 g/mol. The zero-order chi connectivity index (χ0) is 17.8. The van der Waals surface area contributed by atoms with E-state index in [1.165, 1.54) is 0 Å². The van der Waals surface area contributed by atoms with Crippen molar-refractivity contribution in [1.82, 2.24) is 0 Å². The molecule has 0 aromatic rings. The van der Waals surface area contributed by atoms with Crippen LogP contribution in [0.2, 0.25) is 0 Å². The summed E-state index contributed by atoms with van der Waals surface area (Å²) in [4.78, 5) is 35.7. The van der Waals surface area contributed by atoms with Gasteiger partial charge in [0.05, 0.1) is 17.3 Å². The summed E-state index contributed by atoms with van der Waals surface area (Å²) in [7, 11) is 0. The normalized spacial score (nSPS) is 39.2. The molecule has 0 aromatic heterocycles. The van der Waals surface area contributed by atoms with Crippen LogP contribution in [0.3, 0.4) is 0 Å². The van der Waals surface area contributed by atoms with E-state index in [0.29, 0.717) is 37.5 Å². The fraction of sp³-hybridized carbons (Fsp3) is 0.833. The molecule has 6 heteroatoms. The topological polar surface area (TPSA) is 101 Å². The van der Waals surface area contributed by atoms with Crippen LogP contribution in [-0.2, 0) is 19.1 Å². The van der Waals surface area contributed by atoms with E-state index in [0.717, 1.165) is 19.3 Å². The molecule has 4 bridgehead atoms. The van der Waals surface area contributed by atoms with Crippen molar-refractivity contribution in [2.24, 2.45) is 22.7 Å². The Hall–Kier alpha value is -1.59. The van der Waals surface area contributed by atoms with E-state index < -0.39 is 34.3 Å². The van der Waals surface area contributed by atoms with Gasteiger partial charge in [0.15, 0.2) is 0 Å². The summed E-state index contributed by atoms with van der Waals surface area (Å²) < 4.78 is 5.81. The van der Waals surface area contributed by atoms with E-state index in [4.69, 9.17) is 4.74 Å². The summed E-state index contributed by atoms with van der Waals surface area (Å²) in [6.45, 7) is 3.29. The largest absolute Gasteiger partial charge is 0.481 e. The zero-order valence-electron chi connectivity index (χ0n) is 14.3. The minimum atomic E-state index is -1.14. The number of hydrogen-bond acceptors (Lipinski definition) is 4. The lowest BCUT2D eigenvalue weighted by Gasteiger charge is -2.59. The molecule has 0 spiro atoms. The van der Waals surface area contributed by atoms with Gasteiger partial charge in [-0.25, -0.2) is 0 Å². The van der Waals surface area contributed by atoms with Gasteiger partial charge in [-0.3, -0.25) is 14.4 Å². The Kier molecular flexibility index (Phi) is 3.92. The predicted molar refractivity (Wildman–Crippen MR) is 84.2 cm³/mol. The van der Waals surface area contributed by atoms with Gasteiger partial charge in [-0.05, 0) is 57.3 Å². The van der Waals surface area contributed by atoms with Gasteiger partial charge in [0.2, 0.25) is 0 Å². The van der Waals surface area contributed by atoms with Gasteiger partial charge in [0, 0.05) is 6.42 Å². The molecule has 0 aromatic carbocycles. The van der Waals surface area contributed by atoms with Crippen LogP contribution in [0, 0.1) is 22.7 Å². The third kappa shape index (κ3) is 2.70. The minimum absolute atomic E-state index is 0.171. The van der Waals surface area contributed by atoms with Crippen LogP contribution in [-0.4, -0.2) is 33.7 Å². The summed E-state index contributed by atoms with van der Waals surface area (Å²) in [6, 6.07) is 0. The third-order valence-corrected chi connectivity index (χ3v) is 6.62. The molecular formula is C18H26O6. The average molecular weight is 338 g/mol. The number of hydrogen-bond donors (Lipinski definition) is 2. The van der Waals surface area contributed by atoms with Crippen LogP contribution in [0.4, 0.5) is 0 Å². The van der Waals surface area contributed by atoms with Crippen molar-refractivity contribution in [2.45, 2.75) is 70.8 Å². The van der Waals surface area contributed by atoms with Gasteiger partial charge in [0.1, 0.15) is 5.60 Å². The fourth-order valence-electron chi connectivity index (χ4n) is 5.50. The SMILES string of the molecule is CCC(C)(CC(=O)OC12CC3CC(C1)CC(C(=O)O)(C3)C2)C(=O)O. The molecule has 3 atom stereocenters. The molecule has 2 N–H and O–H groups in total. The van der Waals surface area contributed by atoms with Crippen molar-refractivity contribution in [2.75, 3.05) is 0 Å². The highest BCUT2D eigenvalue weighted by atomic mass is 16.6. The second-order valence-corrected chi connectivity index (χ2v) is 8.60. The Bertz CT molecular complexity index is 568. The third-order valence-electron chi connectivity index (χ3n) is 6.62. The highest BCUT2D eigenvalue weighted by molar-refractivity contribution is 5.82. The Morgan fingerprint density at radius 3 is 2.17 bits per heavy atom. The summed E-state index contributed by atoms with van der Waals surface area (Å²) in [5.74, 6) is -1.70. The molecule has 4 rings (SSSR count). The molecule has 24 heavy (non-hydrogen) atoms. The van der Waals surface area contributed by atoms with E-state index in [1.54, 1.807) is 13.8 Å². The van der Waals surface area contributed by atoms with Gasteiger partial charge in [-0.1, -0.05) is 6.92 Å². The molecule has 4 saturated carbocycles. The Morgan fingerprint density at radius 1 is 1.12 bits per heavy atom. The molecule has 4 aliphatic rings. The smallest absolute Gasteiger partial charge is 0.309 e. The van der Waals surface area contributed by atoms with Crippen molar-refractivity contribution in [3.05, 3.63) is 0 Å². The Balaban J connectivity index is 1.76. The van der Waals surface area contributed by atoms with Crippen LogP contribution in [0.25, 0.3) is 0 Å². The summed E-state index contributed by atoms with van der Waals surface area (Å²) in [5.41, 5.74) is -2.60. The molecule has 0 amide bonds. The van der Waals surface area contributed by atoms with Crippen molar-refractivity contribution in [3.63, 3.8) is 0 Å². The number of carbonyl (C=O) groups is 3. The molecule has 4 fully saturated rings. The maximum Gasteiger partial charge on any atom is 0.309 e. The number of carboxylic acid groups (broad SMARTS) is 2. The zero-order valence-corrected chi connectivity index (χ0v) is 14.3. The van der Waals surface area contributed by atoms with E-state index in [-0.39, 0.29) is 6.42 Å². The fourth-order valence-corrected chi connectivity index (χ4v) is 5.50. The van der Waals surface area contributed by atoms with Gasteiger partial charge in [0.25, 0.3) is 0 Å². The van der Waals surface area contributed by atoms with Crippen LogP contribution in [0.15, 0.2) is 0 Å². The number of esters is 1. The first kappa shape index (κ1) is 17.2. The molecule has 4 aliphatic carbocycles. The Morgan fingerprint density at radius 2 is 1.71 bits per heavy atom. The van der Waals surface area contributed by atoms with Crippen LogP contribution in [0.1, 0.15) is 65.2 Å². The lowest BCUT2D eigenvalue weighted by Crippen LogP contribution is -2.59. The molecule has 3 unspecified atom stereocenters. The quantitative estimate of drug-likeness (QED) is 0.722. The molecule has 0 aliphatic heterocycles. The summed E-state index contributed by atoms with van der Waals surface area (Å²) in [5, 5.41) is 19.0. The van der Waals surface area contributed by atoms with E-state index in [1.807, 2.05) is 0 Å². The van der Waals surface area contributed by atoms with Gasteiger partial charge in [-0.2, -0.15) is 0 Å². The van der Waals surface area contributed by atoms with Crippen LogP contribution < -0.4 is 0 Å². The maximum absolute atomic E-state index is 12.4. The van der Waals surface area contributed by atoms with Crippen LogP contribution >= 0.6 is 0 Å². The molecule has 0 radical (unpaired) electrons. The first-order chi connectivity index (χ1) is 11.1. The number of rotatable bonds is 6. The molecular weight excluding hydrogens is 312 g/mol.